The molecule has 3 amide bonds. The molecule has 0 spiro atoms. The number of nitrogens with zero attached hydrogens (tertiary/aromatic N) is 7. The number of aliphatic hydroxyl groups excluding tert-OH is 1. The highest BCUT2D eigenvalue weighted by atomic mass is 19.1. The van der Waals surface area contributed by atoms with Gasteiger partial charge in [-0.2, -0.15) is 14.6 Å². The number of hydroxylamine groups is 2. The number of halogens is 1. The highest BCUT2D eigenvalue weighted by molar-refractivity contribution is 5.95. The molecule has 5 aromatic rings. The monoisotopic (exact) mass is 658 g/mol. The van der Waals surface area contributed by atoms with Gasteiger partial charge >= 0.3 is 6.03 Å². The Morgan fingerprint density at radius 3 is 2.73 bits per heavy atom. The number of imidazole rings is 1. The predicted molar refractivity (Wildman–Crippen MR) is 173 cm³/mol. The van der Waals surface area contributed by atoms with E-state index in [1.165, 1.54) is 12.3 Å². The van der Waals surface area contributed by atoms with Crippen molar-refractivity contribution in [1.82, 2.24) is 45.0 Å². The Labute approximate surface area is 274 Å². The summed E-state index contributed by atoms with van der Waals surface area (Å²) in [6.45, 7) is 2.94. The second-order valence-electron chi connectivity index (χ2n) is 11.1. The highest BCUT2D eigenvalue weighted by Crippen LogP contribution is 2.33. The van der Waals surface area contributed by atoms with Gasteiger partial charge in [0.05, 0.1) is 30.6 Å². The van der Waals surface area contributed by atoms with Crippen molar-refractivity contribution in [2.45, 2.75) is 19.1 Å². The number of aryl methyl sites for hydroxylation is 1. The highest BCUT2D eigenvalue weighted by Gasteiger charge is 2.37. The lowest BCUT2D eigenvalue weighted by atomic mass is 10.0. The molecule has 4 N–H and O–H groups in total. The van der Waals surface area contributed by atoms with E-state index in [9.17, 15) is 14.0 Å². The van der Waals surface area contributed by atoms with Crippen LogP contribution in [0.2, 0.25) is 0 Å². The standard InChI is InChI=1S/C32H35FN10O5/c1-19-26(21-15-23-29(36-17-21)41(2)30(37-23)31(45)35-11-13-44)40-43(22-7-5-4-6-8-22)28(19)39-32(46)38-24-18-42(12-14-47-3)48-27(24)20-9-10-34-25(33)16-20/h4-10,15-17,24,27,44H,11-14,18H2,1-3H3,(H,35,45)(H2,38,39,46)/t24-,27+/m1/s1. The molecule has 1 aliphatic heterocycles. The fraction of sp³-hybridized carbons (Fsp3) is 0.312. The van der Waals surface area contributed by atoms with Crippen LogP contribution in [0.5, 0.6) is 0 Å². The van der Waals surface area contributed by atoms with Gasteiger partial charge in [0.25, 0.3) is 5.91 Å². The van der Waals surface area contributed by atoms with Crippen molar-refractivity contribution >= 4 is 28.9 Å². The van der Waals surface area contributed by atoms with Crippen molar-refractivity contribution in [1.29, 1.82) is 0 Å². The largest absolute Gasteiger partial charge is 0.395 e. The summed E-state index contributed by atoms with van der Waals surface area (Å²) in [6, 6.07) is 13.0. The van der Waals surface area contributed by atoms with Gasteiger partial charge in [-0.15, -0.1) is 0 Å². The number of amides is 3. The molecule has 0 radical (unpaired) electrons. The van der Waals surface area contributed by atoms with Crippen molar-refractivity contribution in [3.8, 4) is 16.9 Å². The number of fused-ring (bicyclic) bond motifs is 1. The average Bonchev–Trinajstić information content (AvgIpc) is 3.75. The van der Waals surface area contributed by atoms with E-state index in [0.29, 0.717) is 64.7 Å². The molecule has 0 saturated carbocycles. The number of hydrogen-bond donors (Lipinski definition) is 4. The Hall–Kier alpha value is -5.29. The Bertz CT molecular complexity index is 1930. The molecule has 2 atom stereocenters. The Kier molecular flexibility index (Phi) is 9.67. The van der Waals surface area contributed by atoms with Crippen molar-refractivity contribution in [3.63, 3.8) is 0 Å². The smallest absolute Gasteiger partial charge is 0.320 e. The molecule has 5 heterocycles. The zero-order valence-electron chi connectivity index (χ0n) is 26.6. The number of ether oxygens (including phenoxy) is 1. The van der Waals surface area contributed by atoms with Crippen LogP contribution in [0.3, 0.4) is 0 Å². The van der Waals surface area contributed by atoms with E-state index in [1.807, 2.05) is 37.3 Å². The maximum Gasteiger partial charge on any atom is 0.320 e. The second kappa shape index (κ2) is 14.2. The van der Waals surface area contributed by atoms with Crippen LogP contribution < -0.4 is 16.0 Å². The second-order valence-corrected chi connectivity index (χ2v) is 11.1. The van der Waals surface area contributed by atoms with Gasteiger partial charge < -0.3 is 25.0 Å². The number of methoxy groups -OCH3 is 1. The Morgan fingerprint density at radius 2 is 1.98 bits per heavy atom. The SMILES string of the molecule is COCCN1C[C@@H](NC(=O)Nc2c(C)c(-c3cnc4c(c3)nc(C(=O)NCCO)n4C)nn2-c2ccccc2)[C@H](c2ccnc(F)c2)O1. The minimum absolute atomic E-state index is 0.100. The summed E-state index contributed by atoms with van der Waals surface area (Å²) in [5.41, 5.74) is 4.03. The number of anilines is 1. The summed E-state index contributed by atoms with van der Waals surface area (Å²) >= 11 is 0. The number of hydrogen-bond acceptors (Lipinski definition) is 10. The van der Waals surface area contributed by atoms with Crippen molar-refractivity contribution in [2.24, 2.45) is 7.05 Å². The molecule has 0 aliphatic carbocycles. The average molecular weight is 659 g/mol. The van der Waals surface area contributed by atoms with Crippen LogP contribution in [-0.2, 0) is 16.6 Å². The van der Waals surface area contributed by atoms with Gasteiger partial charge in [0, 0.05) is 57.3 Å². The molecule has 250 valence electrons. The summed E-state index contributed by atoms with van der Waals surface area (Å²) in [5.74, 6) is -0.512. The van der Waals surface area contributed by atoms with E-state index in [4.69, 9.17) is 19.8 Å². The molecule has 1 saturated heterocycles. The van der Waals surface area contributed by atoms with E-state index < -0.39 is 30.0 Å². The third kappa shape index (κ3) is 6.72. The quantitative estimate of drug-likeness (QED) is 0.155. The van der Waals surface area contributed by atoms with Gasteiger partial charge in [0.15, 0.2) is 5.65 Å². The maximum absolute atomic E-state index is 14.0. The zero-order chi connectivity index (χ0) is 33.8. The molecule has 4 aromatic heterocycles. The number of carbonyl (C=O) groups is 2. The van der Waals surface area contributed by atoms with E-state index in [-0.39, 0.29) is 19.0 Å². The van der Waals surface area contributed by atoms with E-state index in [2.05, 4.69) is 30.9 Å². The van der Waals surface area contributed by atoms with Crippen LogP contribution in [0, 0.1) is 12.9 Å². The van der Waals surface area contributed by atoms with Gasteiger partial charge in [0.1, 0.15) is 17.4 Å². The van der Waals surface area contributed by atoms with Gasteiger partial charge in [-0.1, -0.05) is 18.2 Å². The first-order valence-electron chi connectivity index (χ1n) is 15.2. The van der Waals surface area contributed by atoms with Crippen LogP contribution >= 0.6 is 0 Å². The number of para-hydroxylation sites is 1. The number of benzene rings is 1. The summed E-state index contributed by atoms with van der Waals surface area (Å²) in [4.78, 5) is 45.0. The van der Waals surface area contributed by atoms with Crippen LogP contribution in [0.15, 0.2) is 60.9 Å². The number of aromatic nitrogens is 6. The minimum Gasteiger partial charge on any atom is -0.395 e. The van der Waals surface area contributed by atoms with Gasteiger partial charge in [0.2, 0.25) is 11.8 Å². The van der Waals surface area contributed by atoms with Crippen LogP contribution in [0.1, 0.15) is 27.8 Å². The molecule has 1 aliphatic rings. The maximum atomic E-state index is 14.0. The van der Waals surface area contributed by atoms with Crippen LogP contribution in [0.4, 0.5) is 15.0 Å². The van der Waals surface area contributed by atoms with Gasteiger partial charge in [-0.25, -0.2) is 24.4 Å². The lowest BCUT2D eigenvalue weighted by Gasteiger charge is -2.19. The Morgan fingerprint density at radius 1 is 1.17 bits per heavy atom. The minimum atomic E-state index is -0.660. The molecule has 48 heavy (non-hydrogen) atoms. The molecule has 6 rings (SSSR count). The fourth-order valence-electron chi connectivity index (χ4n) is 5.58. The van der Waals surface area contributed by atoms with Gasteiger partial charge in [-0.05, 0) is 42.8 Å². The first-order valence-corrected chi connectivity index (χ1v) is 15.2. The lowest BCUT2D eigenvalue weighted by molar-refractivity contribution is -0.154. The summed E-state index contributed by atoms with van der Waals surface area (Å²) in [7, 11) is 3.27. The molecule has 0 bridgehead atoms. The zero-order valence-corrected chi connectivity index (χ0v) is 26.6. The van der Waals surface area contributed by atoms with E-state index >= 15 is 0 Å². The number of pyridine rings is 2. The molecule has 15 nitrogen and oxygen atoms in total. The van der Waals surface area contributed by atoms with Crippen molar-refractivity contribution in [3.05, 3.63) is 83.8 Å². The number of aliphatic hydroxyl groups is 1. The van der Waals surface area contributed by atoms with Gasteiger partial charge in [-0.3, -0.25) is 14.9 Å². The predicted octanol–water partition coefficient (Wildman–Crippen LogP) is 2.51. The molecule has 1 aromatic carbocycles. The third-order valence-corrected chi connectivity index (χ3v) is 7.91. The molecular formula is C32H35FN10O5. The lowest BCUT2D eigenvalue weighted by Crippen LogP contribution is -2.42. The Balaban J connectivity index is 1.30. The molecule has 0 unspecified atom stereocenters. The van der Waals surface area contributed by atoms with Crippen molar-refractivity contribution in [2.75, 3.05) is 45.3 Å². The third-order valence-electron chi connectivity index (χ3n) is 7.91. The van der Waals surface area contributed by atoms with Crippen LogP contribution in [-0.4, -0.2) is 97.4 Å². The normalized spacial score (nSPS) is 16.4. The first kappa shape index (κ1) is 32.6. The van der Waals surface area contributed by atoms with E-state index in [1.54, 1.807) is 46.8 Å². The number of nitrogens with one attached hydrogen (secondary N) is 3. The van der Waals surface area contributed by atoms with Crippen molar-refractivity contribution < 1.29 is 28.7 Å². The topological polar surface area (TPSA) is 174 Å². The number of urea groups is 1. The van der Waals surface area contributed by atoms with Crippen LogP contribution in [0.25, 0.3) is 28.1 Å². The fourth-order valence-corrected chi connectivity index (χ4v) is 5.58. The number of carbonyl (C=O) groups excluding carboxylic acids is 2. The summed E-state index contributed by atoms with van der Waals surface area (Å²) in [6.07, 6.45) is 2.33. The summed E-state index contributed by atoms with van der Waals surface area (Å²) < 4.78 is 22.4. The molecular weight excluding hydrogens is 623 g/mol. The summed E-state index contributed by atoms with van der Waals surface area (Å²) in [5, 5.41) is 24.2. The number of rotatable bonds is 11. The first-order chi connectivity index (χ1) is 23.3. The molecule has 16 heteroatoms. The molecule has 1 fully saturated rings. The van der Waals surface area contributed by atoms with E-state index in [0.717, 1.165) is 0 Å².